The molecule has 0 aliphatic heterocycles. The zero-order valence-corrected chi connectivity index (χ0v) is 15.3. The number of carboxylic acids is 1. The summed E-state index contributed by atoms with van der Waals surface area (Å²) < 4.78 is 4.75. The minimum atomic E-state index is -0.999. The van der Waals surface area contributed by atoms with Crippen molar-refractivity contribution in [3.8, 4) is 0 Å². The number of nitrogens with one attached hydrogen (secondary N) is 1. The minimum Gasteiger partial charge on any atom is -0.481 e. The molecule has 2 atom stereocenters. The summed E-state index contributed by atoms with van der Waals surface area (Å²) in [6, 6.07) is 6.60. The molecule has 1 aliphatic carbocycles. The highest BCUT2D eigenvalue weighted by atomic mass is 16.5. The van der Waals surface area contributed by atoms with Crippen LogP contribution in [-0.4, -0.2) is 30.1 Å². The van der Waals surface area contributed by atoms with E-state index in [2.05, 4.69) is 5.32 Å². The van der Waals surface area contributed by atoms with E-state index in [1.807, 2.05) is 13.8 Å². The van der Waals surface area contributed by atoms with Gasteiger partial charge in [0, 0.05) is 0 Å². The molecule has 0 bridgehead atoms. The molecule has 2 rings (SSSR count). The number of esters is 1. The smallest absolute Gasteiger partial charge is 0.339 e. The lowest BCUT2D eigenvalue weighted by atomic mass is 9.59. The van der Waals surface area contributed by atoms with E-state index in [0.29, 0.717) is 18.5 Å². The predicted molar refractivity (Wildman–Crippen MR) is 93.3 cm³/mol. The molecule has 0 heterocycles. The average molecular weight is 347 g/mol. The molecule has 1 aromatic carbocycles. The van der Waals surface area contributed by atoms with E-state index in [9.17, 15) is 19.5 Å². The zero-order valence-electron chi connectivity index (χ0n) is 15.3. The third-order valence-corrected chi connectivity index (χ3v) is 6.44. The number of carboxylic acid groups (broad SMARTS) is 1. The summed E-state index contributed by atoms with van der Waals surface area (Å²) in [5, 5.41) is 12.5. The van der Waals surface area contributed by atoms with Crippen molar-refractivity contribution in [1.29, 1.82) is 0 Å². The number of ether oxygens (including phenoxy) is 1. The van der Waals surface area contributed by atoms with Gasteiger partial charge in [-0.3, -0.25) is 9.59 Å². The van der Waals surface area contributed by atoms with Gasteiger partial charge >= 0.3 is 11.9 Å². The van der Waals surface area contributed by atoms with Gasteiger partial charge in [0.1, 0.15) is 0 Å². The van der Waals surface area contributed by atoms with Gasteiger partial charge < -0.3 is 15.2 Å². The Morgan fingerprint density at radius 1 is 1.04 bits per heavy atom. The summed E-state index contributed by atoms with van der Waals surface area (Å²) in [5.41, 5.74) is -2.03. The fraction of sp³-hybridized carbons (Fsp3) is 0.526. The number of anilines is 1. The van der Waals surface area contributed by atoms with E-state index >= 15 is 0 Å². The van der Waals surface area contributed by atoms with Crippen LogP contribution in [0.2, 0.25) is 0 Å². The van der Waals surface area contributed by atoms with Gasteiger partial charge in [0.05, 0.1) is 29.2 Å². The molecule has 1 saturated carbocycles. The minimum absolute atomic E-state index is 0.263. The molecule has 25 heavy (non-hydrogen) atoms. The second-order valence-corrected chi connectivity index (χ2v) is 7.59. The van der Waals surface area contributed by atoms with Crippen molar-refractivity contribution < 1.29 is 24.2 Å². The molecule has 0 aromatic heterocycles. The van der Waals surface area contributed by atoms with E-state index in [4.69, 9.17) is 4.74 Å². The van der Waals surface area contributed by atoms with Crippen molar-refractivity contribution in [2.45, 2.75) is 40.5 Å². The van der Waals surface area contributed by atoms with E-state index in [1.54, 1.807) is 38.1 Å². The topological polar surface area (TPSA) is 92.7 Å². The molecule has 0 saturated heterocycles. The van der Waals surface area contributed by atoms with Gasteiger partial charge in [-0.1, -0.05) is 32.9 Å². The molecule has 6 heteroatoms. The second kappa shape index (κ2) is 6.17. The van der Waals surface area contributed by atoms with Gasteiger partial charge in [-0.25, -0.2) is 4.79 Å². The zero-order chi connectivity index (χ0) is 19.0. The molecule has 1 fully saturated rings. The number of carbonyl (C=O) groups is 3. The standard InChI is InChI=1S/C19H25NO5/c1-17(2)18(3,10-11-19(17,4)16(23)24)15(22)20-13-9-7-6-8-12(13)14(21)25-5/h6-9H,10-11H2,1-5H3,(H,20,22)(H,23,24). The second-order valence-electron chi connectivity index (χ2n) is 7.59. The van der Waals surface area contributed by atoms with Crippen LogP contribution in [0.1, 0.15) is 50.9 Å². The fourth-order valence-corrected chi connectivity index (χ4v) is 3.65. The van der Waals surface area contributed by atoms with Crippen LogP contribution in [0.3, 0.4) is 0 Å². The molecule has 1 aromatic rings. The molecule has 0 spiro atoms. The maximum absolute atomic E-state index is 13.1. The summed E-state index contributed by atoms with van der Waals surface area (Å²) in [6.07, 6.45) is 0.868. The number of hydrogen-bond donors (Lipinski definition) is 2. The van der Waals surface area contributed by atoms with Crippen LogP contribution < -0.4 is 5.32 Å². The number of hydrogen-bond acceptors (Lipinski definition) is 4. The number of carbonyl (C=O) groups excluding carboxylic acids is 2. The van der Waals surface area contributed by atoms with Crippen molar-refractivity contribution >= 4 is 23.5 Å². The van der Waals surface area contributed by atoms with Gasteiger partial charge in [0.2, 0.25) is 5.91 Å². The maximum Gasteiger partial charge on any atom is 0.339 e. The Bertz CT molecular complexity index is 726. The number of aliphatic carboxylic acids is 1. The molecular weight excluding hydrogens is 322 g/mol. The van der Waals surface area contributed by atoms with E-state index in [-0.39, 0.29) is 11.5 Å². The fourth-order valence-electron chi connectivity index (χ4n) is 3.65. The summed E-state index contributed by atoms with van der Waals surface area (Å²) in [6.45, 7) is 7.12. The van der Waals surface area contributed by atoms with Gasteiger partial charge in [-0.15, -0.1) is 0 Å². The quantitative estimate of drug-likeness (QED) is 0.815. The van der Waals surface area contributed by atoms with Crippen LogP contribution in [-0.2, 0) is 14.3 Å². The highest BCUT2D eigenvalue weighted by Gasteiger charge is 2.64. The molecule has 136 valence electrons. The first-order valence-electron chi connectivity index (χ1n) is 8.23. The Balaban J connectivity index is 2.37. The van der Waals surface area contributed by atoms with E-state index in [0.717, 1.165) is 0 Å². The number of benzene rings is 1. The van der Waals surface area contributed by atoms with Crippen LogP contribution >= 0.6 is 0 Å². The lowest BCUT2D eigenvalue weighted by molar-refractivity contribution is -0.157. The average Bonchev–Trinajstić information content (AvgIpc) is 2.76. The predicted octanol–water partition coefficient (Wildman–Crippen LogP) is 3.33. The van der Waals surface area contributed by atoms with Crippen LogP contribution in [0.5, 0.6) is 0 Å². The number of para-hydroxylation sites is 1. The van der Waals surface area contributed by atoms with Gasteiger partial charge in [-0.05, 0) is 37.3 Å². The first kappa shape index (κ1) is 19.0. The van der Waals surface area contributed by atoms with Crippen LogP contribution in [0.15, 0.2) is 24.3 Å². The van der Waals surface area contributed by atoms with Crippen LogP contribution in [0, 0.1) is 16.2 Å². The molecule has 0 radical (unpaired) electrons. The largest absolute Gasteiger partial charge is 0.481 e. The number of amides is 1. The lowest BCUT2D eigenvalue weighted by Crippen LogP contribution is -2.50. The summed E-state index contributed by atoms with van der Waals surface area (Å²) >= 11 is 0. The monoisotopic (exact) mass is 347 g/mol. The van der Waals surface area contributed by atoms with Gasteiger partial charge in [-0.2, -0.15) is 0 Å². The van der Waals surface area contributed by atoms with Crippen molar-refractivity contribution in [3.05, 3.63) is 29.8 Å². The van der Waals surface area contributed by atoms with Crippen LogP contribution in [0.4, 0.5) is 5.69 Å². The third-order valence-electron chi connectivity index (χ3n) is 6.44. The highest BCUT2D eigenvalue weighted by molar-refractivity contribution is 6.03. The molecular formula is C19H25NO5. The van der Waals surface area contributed by atoms with E-state index in [1.165, 1.54) is 7.11 Å². The normalized spacial score (nSPS) is 27.6. The molecule has 2 N–H and O–H groups in total. The Kier molecular flexibility index (Phi) is 4.68. The number of methoxy groups -OCH3 is 1. The lowest BCUT2D eigenvalue weighted by Gasteiger charge is -2.44. The summed E-state index contributed by atoms with van der Waals surface area (Å²) in [7, 11) is 1.28. The molecule has 1 aliphatic rings. The Labute approximate surface area is 147 Å². The Morgan fingerprint density at radius 2 is 1.60 bits per heavy atom. The van der Waals surface area contributed by atoms with E-state index < -0.39 is 28.2 Å². The maximum atomic E-state index is 13.1. The Hall–Kier alpha value is -2.37. The van der Waals surface area contributed by atoms with Crippen LogP contribution in [0.25, 0.3) is 0 Å². The van der Waals surface area contributed by atoms with Crippen molar-refractivity contribution in [3.63, 3.8) is 0 Å². The summed E-state index contributed by atoms with van der Waals surface area (Å²) in [5.74, 6) is -1.73. The highest BCUT2D eigenvalue weighted by Crippen LogP contribution is 2.63. The summed E-state index contributed by atoms with van der Waals surface area (Å²) in [4.78, 5) is 36.8. The first-order valence-corrected chi connectivity index (χ1v) is 8.23. The first-order chi connectivity index (χ1) is 11.5. The van der Waals surface area contributed by atoms with Gasteiger partial charge in [0.15, 0.2) is 0 Å². The van der Waals surface area contributed by atoms with Gasteiger partial charge in [0.25, 0.3) is 0 Å². The third kappa shape index (κ3) is 2.69. The van der Waals surface area contributed by atoms with Crippen molar-refractivity contribution in [2.24, 2.45) is 16.2 Å². The SMILES string of the molecule is COC(=O)c1ccccc1NC(=O)C1(C)CCC(C)(C(=O)O)C1(C)C. The molecule has 1 amide bonds. The number of rotatable bonds is 4. The van der Waals surface area contributed by atoms with Crippen molar-refractivity contribution in [1.82, 2.24) is 0 Å². The molecule has 2 unspecified atom stereocenters. The Morgan fingerprint density at radius 3 is 2.12 bits per heavy atom. The van der Waals surface area contributed by atoms with Crippen molar-refractivity contribution in [2.75, 3.05) is 12.4 Å². The molecule has 6 nitrogen and oxygen atoms in total.